The Kier molecular flexibility index (Phi) is 5.20. The Bertz CT molecular complexity index is 463. The minimum atomic E-state index is -0.660. The van der Waals surface area contributed by atoms with E-state index in [4.69, 9.17) is 14.2 Å². The molecule has 0 spiro atoms. The van der Waals surface area contributed by atoms with Crippen molar-refractivity contribution in [1.82, 2.24) is 5.32 Å². The molecule has 0 aromatic heterocycles. The van der Waals surface area contributed by atoms with Gasteiger partial charge in [0.25, 0.3) is 0 Å². The minimum Gasteiger partial charge on any atom is -0.466 e. The maximum absolute atomic E-state index is 11.1. The topological polar surface area (TPSA) is 77.0 Å². The lowest BCUT2D eigenvalue weighted by molar-refractivity contribution is -0.143. The predicted octanol–water partition coefficient (Wildman–Crippen LogP) is 0.991. The van der Waals surface area contributed by atoms with Gasteiger partial charge in [-0.25, -0.2) is 0 Å². The molecule has 110 valence electrons. The van der Waals surface area contributed by atoms with Gasteiger partial charge < -0.3 is 24.6 Å². The van der Waals surface area contributed by atoms with Crippen LogP contribution in [0.25, 0.3) is 0 Å². The van der Waals surface area contributed by atoms with Crippen LogP contribution in [0.15, 0.2) is 18.2 Å². The van der Waals surface area contributed by atoms with Crippen LogP contribution in [0.2, 0.25) is 0 Å². The Balaban J connectivity index is 1.75. The maximum Gasteiger partial charge on any atom is 0.307 e. The van der Waals surface area contributed by atoms with Crippen LogP contribution in [0, 0.1) is 0 Å². The summed E-state index contributed by atoms with van der Waals surface area (Å²) in [7, 11) is 0. The van der Waals surface area contributed by atoms with Gasteiger partial charge in [-0.05, 0) is 24.6 Å². The standard InChI is InChI=1S/C14H19NO5/c1-2-18-14(17)5-6-15-8-11(16)10-3-4-12-13(7-10)20-9-19-12/h3-4,7,11,15-16H,2,5-6,8-9H2,1H3. The second kappa shape index (κ2) is 7.12. The Labute approximate surface area is 117 Å². The first-order chi connectivity index (χ1) is 9.70. The van der Waals surface area contributed by atoms with Gasteiger partial charge in [-0.2, -0.15) is 0 Å². The summed E-state index contributed by atoms with van der Waals surface area (Å²) in [6, 6.07) is 5.34. The lowest BCUT2D eigenvalue weighted by Crippen LogP contribution is -2.24. The number of carbonyl (C=O) groups excluding carboxylic acids is 1. The van der Waals surface area contributed by atoms with E-state index in [1.165, 1.54) is 0 Å². The first-order valence-corrected chi connectivity index (χ1v) is 6.64. The van der Waals surface area contributed by atoms with E-state index in [0.29, 0.717) is 37.6 Å². The molecule has 6 nitrogen and oxygen atoms in total. The Morgan fingerprint density at radius 1 is 1.45 bits per heavy atom. The summed E-state index contributed by atoms with van der Waals surface area (Å²) in [5.41, 5.74) is 0.748. The third-order valence-corrected chi connectivity index (χ3v) is 2.93. The second-order valence-electron chi connectivity index (χ2n) is 4.39. The van der Waals surface area contributed by atoms with Crippen LogP contribution in [0.3, 0.4) is 0 Å². The highest BCUT2D eigenvalue weighted by Crippen LogP contribution is 2.33. The van der Waals surface area contributed by atoms with E-state index in [0.717, 1.165) is 5.56 Å². The molecule has 6 heteroatoms. The summed E-state index contributed by atoms with van der Waals surface area (Å²) in [4.78, 5) is 11.1. The van der Waals surface area contributed by atoms with E-state index in [1.807, 2.05) is 0 Å². The van der Waals surface area contributed by atoms with Crippen molar-refractivity contribution < 1.29 is 24.1 Å². The van der Waals surface area contributed by atoms with E-state index in [1.54, 1.807) is 25.1 Å². The summed E-state index contributed by atoms with van der Waals surface area (Å²) >= 11 is 0. The average Bonchev–Trinajstić information content (AvgIpc) is 2.91. The van der Waals surface area contributed by atoms with Crippen LogP contribution < -0.4 is 14.8 Å². The fourth-order valence-electron chi connectivity index (χ4n) is 1.90. The van der Waals surface area contributed by atoms with Crippen molar-refractivity contribution in [3.63, 3.8) is 0 Å². The zero-order chi connectivity index (χ0) is 14.4. The monoisotopic (exact) mass is 281 g/mol. The number of fused-ring (bicyclic) bond motifs is 1. The molecule has 0 bridgehead atoms. The van der Waals surface area contributed by atoms with Gasteiger partial charge in [-0.15, -0.1) is 0 Å². The number of hydrogen-bond acceptors (Lipinski definition) is 6. The van der Waals surface area contributed by atoms with Gasteiger partial charge in [0.1, 0.15) is 0 Å². The summed E-state index contributed by atoms with van der Waals surface area (Å²) in [6.45, 7) is 3.21. The predicted molar refractivity (Wildman–Crippen MR) is 71.6 cm³/mol. The molecule has 2 rings (SSSR count). The fourth-order valence-corrected chi connectivity index (χ4v) is 1.90. The SMILES string of the molecule is CCOC(=O)CCNCC(O)c1ccc2c(c1)OCO2. The highest BCUT2D eigenvalue weighted by molar-refractivity contribution is 5.69. The van der Waals surface area contributed by atoms with E-state index in [-0.39, 0.29) is 12.8 Å². The molecule has 1 aliphatic rings. The minimum absolute atomic E-state index is 0.215. The van der Waals surface area contributed by atoms with Crippen LogP contribution in [-0.2, 0) is 9.53 Å². The van der Waals surface area contributed by atoms with E-state index < -0.39 is 6.10 Å². The number of ether oxygens (including phenoxy) is 3. The molecule has 20 heavy (non-hydrogen) atoms. The largest absolute Gasteiger partial charge is 0.466 e. The van der Waals surface area contributed by atoms with Gasteiger partial charge >= 0.3 is 5.97 Å². The van der Waals surface area contributed by atoms with Crippen molar-refractivity contribution in [3.8, 4) is 11.5 Å². The van der Waals surface area contributed by atoms with Crippen molar-refractivity contribution in [3.05, 3.63) is 23.8 Å². The zero-order valence-electron chi connectivity index (χ0n) is 11.4. The van der Waals surface area contributed by atoms with Crippen molar-refractivity contribution in [2.45, 2.75) is 19.4 Å². The molecule has 2 N–H and O–H groups in total. The molecular weight excluding hydrogens is 262 g/mol. The summed E-state index contributed by atoms with van der Waals surface area (Å²) < 4.78 is 15.3. The first-order valence-electron chi connectivity index (χ1n) is 6.64. The van der Waals surface area contributed by atoms with Crippen LogP contribution in [0.5, 0.6) is 11.5 Å². The molecule has 1 atom stereocenters. The van der Waals surface area contributed by atoms with Crippen molar-refractivity contribution >= 4 is 5.97 Å². The zero-order valence-corrected chi connectivity index (χ0v) is 11.4. The van der Waals surface area contributed by atoms with Crippen LogP contribution in [0.4, 0.5) is 0 Å². The Morgan fingerprint density at radius 3 is 3.05 bits per heavy atom. The molecule has 1 aliphatic heterocycles. The highest BCUT2D eigenvalue weighted by atomic mass is 16.7. The number of esters is 1. The number of aliphatic hydroxyl groups is 1. The quantitative estimate of drug-likeness (QED) is 0.573. The third-order valence-electron chi connectivity index (χ3n) is 2.93. The average molecular weight is 281 g/mol. The van der Waals surface area contributed by atoms with Gasteiger partial charge in [0, 0.05) is 13.1 Å². The molecule has 1 aromatic rings. The third kappa shape index (κ3) is 3.85. The Hall–Kier alpha value is -1.79. The van der Waals surface area contributed by atoms with Gasteiger partial charge in [0.05, 0.1) is 19.1 Å². The van der Waals surface area contributed by atoms with Crippen LogP contribution >= 0.6 is 0 Å². The summed E-state index contributed by atoms with van der Waals surface area (Å²) in [5.74, 6) is 1.10. The van der Waals surface area contributed by atoms with Crippen LogP contribution in [-0.4, -0.2) is 37.6 Å². The maximum atomic E-state index is 11.1. The van der Waals surface area contributed by atoms with Gasteiger partial charge in [-0.3, -0.25) is 4.79 Å². The lowest BCUT2D eigenvalue weighted by atomic mass is 10.1. The summed E-state index contributed by atoms with van der Waals surface area (Å²) in [6.07, 6.45) is -0.367. The number of aliphatic hydroxyl groups excluding tert-OH is 1. The Morgan fingerprint density at radius 2 is 2.25 bits per heavy atom. The van der Waals surface area contributed by atoms with Crippen LogP contribution in [0.1, 0.15) is 25.0 Å². The van der Waals surface area contributed by atoms with E-state index >= 15 is 0 Å². The number of rotatable bonds is 7. The normalized spacial score (nSPS) is 14.1. The molecule has 1 heterocycles. The van der Waals surface area contributed by atoms with Crippen molar-refractivity contribution in [2.24, 2.45) is 0 Å². The molecular formula is C14H19NO5. The first kappa shape index (κ1) is 14.6. The molecule has 0 radical (unpaired) electrons. The fraction of sp³-hybridized carbons (Fsp3) is 0.500. The number of hydrogen-bond donors (Lipinski definition) is 2. The smallest absolute Gasteiger partial charge is 0.307 e. The molecule has 0 fully saturated rings. The highest BCUT2D eigenvalue weighted by Gasteiger charge is 2.16. The number of benzene rings is 1. The molecule has 0 amide bonds. The van der Waals surface area contributed by atoms with Gasteiger partial charge in [0.15, 0.2) is 11.5 Å². The van der Waals surface area contributed by atoms with E-state index in [2.05, 4.69) is 5.32 Å². The molecule has 0 saturated carbocycles. The molecule has 0 aliphatic carbocycles. The van der Waals surface area contributed by atoms with Crippen molar-refractivity contribution in [2.75, 3.05) is 26.5 Å². The van der Waals surface area contributed by atoms with E-state index in [9.17, 15) is 9.90 Å². The number of nitrogens with one attached hydrogen (secondary N) is 1. The second-order valence-corrected chi connectivity index (χ2v) is 4.39. The van der Waals surface area contributed by atoms with Crippen molar-refractivity contribution in [1.29, 1.82) is 0 Å². The lowest BCUT2D eigenvalue weighted by Gasteiger charge is -2.12. The van der Waals surface area contributed by atoms with Gasteiger partial charge in [0.2, 0.25) is 6.79 Å². The number of carbonyl (C=O) groups is 1. The summed E-state index contributed by atoms with van der Waals surface area (Å²) in [5, 5.41) is 13.1. The molecule has 0 saturated heterocycles. The van der Waals surface area contributed by atoms with Gasteiger partial charge in [-0.1, -0.05) is 6.07 Å². The molecule has 1 aromatic carbocycles. The molecule has 1 unspecified atom stereocenters.